The van der Waals surface area contributed by atoms with Crippen LogP contribution in [0.5, 0.6) is 0 Å². The number of aliphatic hydroxyl groups is 2. The molecule has 0 fully saturated rings. The van der Waals surface area contributed by atoms with Crippen LogP contribution in [0.2, 0.25) is 0 Å². The van der Waals surface area contributed by atoms with Crippen molar-refractivity contribution in [2.45, 2.75) is 38.6 Å². The molecule has 124 valence electrons. The highest BCUT2D eigenvalue weighted by Gasteiger charge is 2.25. The van der Waals surface area contributed by atoms with Crippen LogP contribution >= 0.6 is 0 Å². The smallest absolute Gasteiger partial charge is 0.407 e. The highest BCUT2D eigenvalue weighted by atomic mass is 19.2. The Balaban J connectivity index is 2.68. The van der Waals surface area contributed by atoms with E-state index >= 15 is 0 Å². The number of nitrogen functional groups attached to an aromatic ring is 1. The van der Waals surface area contributed by atoms with Crippen LogP contribution in [0.4, 0.5) is 19.3 Å². The molecule has 0 aliphatic heterocycles. The summed E-state index contributed by atoms with van der Waals surface area (Å²) >= 11 is 0. The molecule has 0 saturated carbocycles. The third-order valence-corrected chi connectivity index (χ3v) is 2.68. The highest BCUT2D eigenvalue weighted by Crippen LogP contribution is 2.25. The first-order valence-electron chi connectivity index (χ1n) is 6.59. The lowest BCUT2D eigenvalue weighted by Gasteiger charge is -2.22. The predicted molar refractivity (Wildman–Crippen MR) is 76.0 cm³/mol. The average Bonchev–Trinajstić information content (AvgIpc) is 2.40. The van der Waals surface area contributed by atoms with Gasteiger partial charge in [-0.25, -0.2) is 13.6 Å². The largest absolute Gasteiger partial charge is 0.444 e. The zero-order chi connectivity index (χ0) is 17.1. The van der Waals surface area contributed by atoms with Gasteiger partial charge in [0.05, 0.1) is 5.69 Å². The van der Waals surface area contributed by atoms with Crippen molar-refractivity contribution in [3.05, 3.63) is 29.3 Å². The van der Waals surface area contributed by atoms with E-state index in [-0.39, 0.29) is 0 Å². The fraction of sp³-hybridized carbons (Fsp3) is 0.500. The van der Waals surface area contributed by atoms with Gasteiger partial charge in [-0.2, -0.15) is 0 Å². The Morgan fingerprint density at radius 2 is 1.91 bits per heavy atom. The van der Waals surface area contributed by atoms with E-state index in [4.69, 9.17) is 10.5 Å². The number of alkyl carbamates (subject to hydrolysis) is 1. The number of amides is 1. The van der Waals surface area contributed by atoms with Crippen molar-refractivity contribution in [1.82, 2.24) is 5.32 Å². The van der Waals surface area contributed by atoms with Gasteiger partial charge in [0.1, 0.15) is 17.8 Å². The van der Waals surface area contributed by atoms with E-state index in [0.717, 1.165) is 12.1 Å². The summed E-state index contributed by atoms with van der Waals surface area (Å²) in [6.07, 6.45) is -4.09. The second-order valence-corrected chi connectivity index (χ2v) is 5.77. The molecule has 6 nitrogen and oxygen atoms in total. The fourth-order valence-electron chi connectivity index (χ4n) is 1.63. The van der Waals surface area contributed by atoms with Crippen molar-refractivity contribution >= 4 is 11.8 Å². The minimum Gasteiger partial charge on any atom is -0.444 e. The summed E-state index contributed by atoms with van der Waals surface area (Å²) in [6, 6.07) is 2.14. The Morgan fingerprint density at radius 3 is 2.45 bits per heavy atom. The van der Waals surface area contributed by atoms with Crippen LogP contribution in [0, 0.1) is 11.6 Å². The van der Waals surface area contributed by atoms with E-state index < -0.39 is 53.3 Å². The Morgan fingerprint density at radius 1 is 1.32 bits per heavy atom. The lowest BCUT2D eigenvalue weighted by atomic mass is 10.0. The molecule has 1 aromatic carbocycles. The SMILES string of the molecule is CC(C)(C)OC(=O)NCC(O)C(O)c1ccc(N)c(F)c1F. The monoisotopic (exact) mass is 318 g/mol. The Hall–Kier alpha value is -1.93. The Labute approximate surface area is 126 Å². The van der Waals surface area contributed by atoms with Crippen LogP contribution in [0.3, 0.4) is 0 Å². The number of carbonyl (C=O) groups excluding carboxylic acids is 1. The zero-order valence-electron chi connectivity index (χ0n) is 12.6. The summed E-state index contributed by atoms with van der Waals surface area (Å²) in [5, 5.41) is 21.8. The summed E-state index contributed by atoms with van der Waals surface area (Å²) in [7, 11) is 0. The van der Waals surface area contributed by atoms with Crippen molar-refractivity contribution in [3.63, 3.8) is 0 Å². The molecule has 22 heavy (non-hydrogen) atoms. The molecule has 0 radical (unpaired) electrons. The minimum atomic E-state index is -1.73. The van der Waals surface area contributed by atoms with Gasteiger partial charge in [0.2, 0.25) is 0 Å². The molecule has 8 heteroatoms. The maximum atomic E-state index is 13.7. The van der Waals surface area contributed by atoms with E-state index in [9.17, 15) is 23.8 Å². The number of carbonyl (C=O) groups is 1. The van der Waals surface area contributed by atoms with Crippen LogP contribution in [-0.2, 0) is 4.74 Å². The van der Waals surface area contributed by atoms with Gasteiger partial charge >= 0.3 is 6.09 Å². The second-order valence-electron chi connectivity index (χ2n) is 5.77. The molecule has 5 N–H and O–H groups in total. The van der Waals surface area contributed by atoms with E-state index in [1.807, 2.05) is 0 Å². The fourth-order valence-corrected chi connectivity index (χ4v) is 1.63. The molecule has 0 bridgehead atoms. The zero-order valence-corrected chi connectivity index (χ0v) is 12.6. The van der Waals surface area contributed by atoms with Gasteiger partial charge < -0.3 is 26.0 Å². The number of nitrogens with one attached hydrogen (secondary N) is 1. The molecule has 0 aliphatic rings. The lowest BCUT2D eigenvalue weighted by molar-refractivity contribution is 0.0110. The van der Waals surface area contributed by atoms with Gasteiger partial charge in [0, 0.05) is 12.1 Å². The molecular weight excluding hydrogens is 298 g/mol. The standard InChI is InChI=1S/C14H20F2N2O4/c1-14(2,3)22-13(21)18-6-9(19)12(20)7-4-5-8(17)11(16)10(7)15/h4-5,9,12,19-20H,6,17H2,1-3H3,(H,18,21). The quantitative estimate of drug-likeness (QED) is 0.629. The Kier molecular flexibility index (Phi) is 5.67. The average molecular weight is 318 g/mol. The number of nitrogens with two attached hydrogens (primary N) is 1. The molecule has 0 spiro atoms. The summed E-state index contributed by atoms with van der Waals surface area (Å²) < 4.78 is 31.9. The van der Waals surface area contributed by atoms with E-state index in [2.05, 4.69) is 5.32 Å². The lowest BCUT2D eigenvalue weighted by Crippen LogP contribution is -2.39. The Bertz CT molecular complexity index is 546. The van der Waals surface area contributed by atoms with Gasteiger partial charge in [-0.1, -0.05) is 6.07 Å². The molecule has 0 aliphatic carbocycles. The van der Waals surface area contributed by atoms with Crippen LogP contribution in [0.15, 0.2) is 12.1 Å². The molecule has 1 rings (SSSR count). The van der Waals surface area contributed by atoms with Crippen LogP contribution in [0.25, 0.3) is 0 Å². The van der Waals surface area contributed by atoms with E-state index in [1.165, 1.54) is 0 Å². The van der Waals surface area contributed by atoms with Crippen molar-refractivity contribution in [2.24, 2.45) is 0 Å². The number of aliphatic hydroxyl groups excluding tert-OH is 2. The molecule has 1 aromatic rings. The summed E-state index contributed by atoms with van der Waals surface area (Å²) in [5.41, 5.74) is 3.61. The normalized spacial score (nSPS) is 14.3. The number of rotatable bonds is 4. The molecule has 0 saturated heterocycles. The minimum absolute atomic E-state index is 0.401. The van der Waals surface area contributed by atoms with Crippen molar-refractivity contribution < 1.29 is 28.5 Å². The molecule has 0 heterocycles. The van der Waals surface area contributed by atoms with Crippen molar-refractivity contribution in [3.8, 4) is 0 Å². The number of hydrogen-bond acceptors (Lipinski definition) is 5. The summed E-state index contributed by atoms with van der Waals surface area (Å²) in [6.45, 7) is 4.57. The number of benzene rings is 1. The molecule has 1 amide bonds. The number of halogens is 2. The predicted octanol–water partition coefficient (Wildman–Crippen LogP) is 1.47. The summed E-state index contributed by atoms with van der Waals surface area (Å²) in [5.74, 6) is -2.65. The van der Waals surface area contributed by atoms with E-state index in [1.54, 1.807) is 20.8 Å². The highest BCUT2D eigenvalue weighted by molar-refractivity contribution is 5.67. The number of anilines is 1. The maximum Gasteiger partial charge on any atom is 0.407 e. The summed E-state index contributed by atoms with van der Waals surface area (Å²) in [4.78, 5) is 11.4. The van der Waals surface area contributed by atoms with Crippen LogP contribution in [-0.4, -0.2) is 34.6 Å². The first-order valence-corrected chi connectivity index (χ1v) is 6.59. The third-order valence-electron chi connectivity index (χ3n) is 2.68. The van der Waals surface area contributed by atoms with Crippen LogP contribution in [0.1, 0.15) is 32.4 Å². The second kappa shape index (κ2) is 6.89. The van der Waals surface area contributed by atoms with Gasteiger partial charge in [-0.15, -0.1) is 0 Å². The van der Waals surface area contributed by atoms with Gasteiger partial charge in [-0.3, -0.25) is 0 Å². The van der Waals surface area contributed by atoms with Crippen molar-refractivity contribution in [2.75, 3.05) is 12.3 Å². The molecule has 0 aromatic heterocycles. The van der Waals surface area contributed by atoms with Gasteiger partial charge in [0.15, 0.2) is 11.6 Å². The number of ether oxygens (including phenoxy) is 1. The molecule has 2 atom stereocenters. The first kappa shape index (κ1) is 18.1. The van der Waals surface area contributed by atoms with E-state index in [0.29, 0.717) is 0 Å². The third kappa shape index (κ3) is 4.81. The first-order chi connectivity index (χ1) is 10.0. The van der Waals surface area contributed by atoms with Gasteiger partial charge in [0.25, 0.3) is 0 Å². The molecular formula is C14H20F2N2O4. The van der Waals surface area contributed by atoms with Crippen LogP contribution < -0.4 is 11.1 Å². The van der Waals surface area contributed by atoms with Crippen molar-refractivity contribution in [1.29, 1.82) is 0 Å². The topological polar surface area (TPSA) is 105 Å². The molecule has 2 unspecified atom stereocenters. The number of hydrogen-bond donors (Lipinski definition) is 4. The van der Waals surface area contributed by atoms with Gasteiger partial charge in [-0.05, 0) is 26.8 Å². The maximum absolute atomic E-state index is 13.7.